The van der Waals surface area contributed by atoms with Crippen LogP contribution in [0.2, 0.25) is 0 Å². The molecule has 186 valence electrons. The molecular formula is C28H39NO5. The quantitative estimate of drug-likeness (QED) is 0.453. The van der Waals surface area contributed by atoms with E-state index in [-0.39, 0.29) is 17.6 Å². The van der Waals surface area contributed by atoms with Crippen molar-refractivity contribution in [2.24, 2.45) is 16.7 Å². The normalized spacial score (nSPS) is 31.2. The third-order valence-electron chi connectivity index (χ3n) is 8.12. The predicted octanol–water partition coefficient (Wildman–Crippen LogP) is 6.02. The highest BCUT2D eigenvalue weighted by molar-refractivity contribution is 5.85. The molecular weight excluding hydrogens is 430 g/mol. The largest absolute Gasteiger partial charge is 0.480 e. The number of piperidine rings is 1. The molecule has 2 atom stereocenters. The Bertz CT molecular complexity index is 946. The zero-order chi connectivity index (χ0) is 25.4. The number of carbonyl (C=O) groups is 2. The lowest BCUT2D eigenvalue weighted by atomic mass is 9.59. The van der Waals surface area contributed by atoms with Crippen molar-refractivity contribution in [3.63, 3.8) is 0 Å². The molecule has 1 aliphatic carbocycles. The second-order valence-corrected chi connectivity index (χ2v) is 10.8. The van der Waals surface area contributed by atoms with E-state index in [1.807, 2.05) is 25.1 Å². The van der Waals surface area contributed by atoms with E-state index in [1.165, 1.54) is 12.2 Å². The Kier molecular flexibility index (Phi) is 7.16. The summed E-state index contributed by atoms with van der Waals surface area (Å²) in [6.45, 7) is 12.1. The summed E-state index contributed by atoms with van der Waals surface area (Å²) in [5, 5.41) is 22.1. The van der Waals surface area contributed by atoms with Gasteiger partial charge in [0.05, 0.1) is 0 Å². The van der Waals surface area contributed by atoms with Crippen molar-refractivity contribution in [2.45, 2.75) is 84.4 Å². The average Bonchev–Trinajstić information content (AvgIpc) is 2.81. The van der Waals surface area contributed by atoms with Crippen LogP contribution < -0.4 is 0 Å². The molecule has 6 nitrogen and oxygen atoms in total. The molecule has 0 amide bonds. The maximum Gasteiger partial charge on any atom is 0.317 e. The lowest BCUT2D eigenvalue weighted by Crippen LogP contribution is -2.64. The van der Waals surface area contributed by atoms with Gasteiger partial charge in [-0.1, -0.05) is 68.5 Å². The van der Waals surface area contributed by atoms with Crippen LogP contribution in [0.4, 0.5) is 0 Å². The van der Waals surface area contributed by atoms with Gasteiger partial charge in [-0.25, -0.2) is 0 Å². The highest BCUT2D eigenvalue weighted by Gasteiger charge is 2.57. The number of hydroxylamine groups is 2. The van der Waals surface area contributed by atoms with E-state index in [1.54, 1.807) is 19.1 Å². The number of rotatable bonds is 8. The second kappa shape index (κ2) is 9.31. The fourth-order valence-electron chi connectivity index (χ4n) is 5.77. The zero-order valence-electron chi connectivity index (χ0n) is 21.2. The fraction of sp³-hybridized carbons (Fsp3) is 0.571. The maximum absolute atomic E-state index is 12.7. The van der Waals surface area contributed by atoms with Crippen LogP contribution in [0, 0.1) is 16.7 Å². The van der Waals surface area contributed by atoms with Gasteiger partial charge >= 0.3 is 11.9 Å². The summed E-state index contributed by atoms with van der Waals surface area (Å²) in [6, 6.07) is 10.1. The monoisotopic (exact) mass is 469 g/mol. The minimum absolute atomic E-state index is 0.145. The van der Waals surface area contributed by atoms with Gasteiger partial charge in [-0.15, -0.1) is 0 Å². The van der Waals surface area contributed by atoms with Crippen molar-refractivity contribution >= 4 is 11.9 Å². The summed E-state index contributed by atoms with van der Waals surface area (Å²) in [7, 11) is 0. The summed E-state index contributed by atoms with van der Waals surface area (Å²) >= 11 is 0. The Morgan fingerprint density at radius 3 is 2.00 bits per heavy atom. The number of aliphatic carboxylic acids is 2. The minimum atomic E-state index is -1.25. The number of carboxylic acid groups (broad SMARTS) is 2. The number of carboxylic acids is 2. The standard InChI is InChI=1S/C28H39NO5/c1-7-27(8-2)19-22(28(24(32)33)16-14-26(6,15-17-28)23(30)31)18-25(4,5)29(27)34-20(3)21-12-10-9-11-13-21/h9-17,20,22H,7-8,18-19H2,1-6H3,(H,30,31)(H,32,33). The number of nitrogens with zero attached hydrogens (tertiary/aromatic N) is 1. The summed E-state index contributed by atoms with van der Waals surface area (Å²) in [5.74, 6) is -2.15. The molecule has 34 heavy (non-hydrogen) atoms. The third kappa shape index (κ3) is 4.46. The van der Waals surface area contributed by atoms with Crippen LogP contribution in [0.15, 0.2) is 54.6 Å². The minimum Gasteiger partial charge on any atom is -0.480 e. The summed E-state index contributed by atoms with van der Waals surface area (Å²) in [5.41, 5.74) is -2.15. The molecule has 1 aromatic carbocycles. The molecule has 1 aromatic rings. The van der Waals surface area contributed by atoms with Crippen LogP contribution in [0.5, 0.6) is 0 Å². The number of hydrogen-bond donors (Lipinski definition) is 2. The highest BCUT2D eigenvalue weighted by Crippen LogP contribution is 2.54. The molecule has 2 aliphatic rings. The smallest absolute Gasteiger partial charge is 0.317 e. The van der Waals surface area contributed by atoms with Crippen LogP contribution in [0.1, 0.15) is 78.9 Å². The Morgan fingerprint density at radius 1 is 0.971 bits per heavy atom. The van der Waals surface area contributed by atoms with Gasteiger partial charge in [-0.2, -0.15) is 5.06 Å². The molecule has 1 fully saturated rings. The van der Waals surface area contributed by atoms with Crippen molar-refractivity contribution in [1.82, 2.24) is 5.06 Å². The van der Waals surface area contributed by atoms with E-state index < -0.39 is 28.3 Å². The van der Waals surface area contributed by atoms with Gasteiger partial charge in [0, 0.05) is 11.1 Å². The van der Waals surface area contributed by atoms with E-state index in [0.29, 0.717) is 12.8 Å². The van der Waals surface area contributed by atoms with Gasteiger partial charge in [0.15, 0.2) is 0 Å². The van der Waals surface area contributed by atoms with E-state index >= 15 is 0 Å². The Morgan fingerprint density at radius 2 is 1.53 bits per heavy atom. The molecule has 0 radical (unpaired) electrons. The Balaban J connectivity index is 1.99. The first-order chi connectivity index (χ1) is 15.9. The van der Waals surface area contributed by atoms with Crippen LogP contribution >= 0.6 is 0 Å². The molecule has 3 rings (SSSR count). The Labute approximate surface area is 203 Å². The molecule has 2 N–H and O–H groups in total. The van der Waals surface area contributed by atoms with Gasteiger partial charge in [-0.05, 0) is 64.9 Å². The van der Waals surface area contributed by atoms with Crippen LogP contribution in [-0.2, 0) is 14.4 Å². The van der Waals surface area contributed by atoms with Crippen molar-refractivity contribution in [3.05, 3.63) is 60.2 Å². The molecule has 0 saturated carbocycles. The van der Waals surface area contributed by atoms with Crippen molar-refractivity contribution < 1.29 is 24.6 Å². The molecule has 1 saturated heterocycles. The summed E-state index contributed by atoms with van der Waals surface area (Å²) in [6.07, 6.45) is 9.01. The zero-order valence-corrected chi connectivity index (χ0v) is 21.2. The van der Waals surface area contributed by atoms with Crippen LogP contribution in [0.25, 0.3) is 0 Å². The summed E-state index contributed by atoms with van der Waals surface area (Å²) in [4.78, 5) is 31.1. The number of hydrogen-bond acceptors (Lipinski definition) is 4. The molecule has 1 heterocycles. The van der Waals surface area contributed by atoms with Gasteiger partial charge in [-0.3, -0.25) is 14.4 Å². The lowest BCUT2D eigenvalue weighted by Gasteiger charge is -2.59. The second-order valence-electron chi connectivity index (χ2n) is 10.8. The Hall–Kier alpha value is -2.44. The number of benzene rings is 1. The van der Waals surface area contributed by atoms with E-state index in [2.05, 4.69) is 44.9 Å². The van der Waals surface area contributed by atoms with Crippen molar-refractivity contribution in [3.8, 4) is 0 Å². The van der Waals surface area contributed by atoms with E-state index in [0.717, 1.165) is 18.4 Å². The van der Waals surface area contributed by atoms with Crippen molar-refractivity contribution in [2.75, 3.05) is 0 Å². The average molecular weight is 470 g/mol. The first-order valence-electron chi connectivity index (χ1n) is 12.3. The van der Waals surface area contributed by atoms with Crippen molar-refractivity contribution in [1.29, 1.82) is 0 Å². The predicted molar refractivity (Wildman–Crippen MR) is 132 cm³/mol. The van der Waals surface area contributed by atoms with Crippen LogP contribution in [-0.4, -0.2) is 38.3 Å². The van der Waals surface area contributed by atoms with E-state index in [9.17, 15) is 19.8 Å². The first kappa shape index (κ1) is 26.2. The molecule has 0 bridgehead atoms. The summed E-state index contributed by atoms with van der Waals surface area (Å²) < 4.78 is 0. The third-order valence-corrected chi connectivity index (χ3v) is 8.12. The SMILES string of the molecule is CCC1(CC)CC(C2(C(=O)O)C=CC(C)(C(=O)O)C=C2)CC(C)(C)N1OC(C)c1ccccc1. The maximum atomic E-state index is 12.7. The van der Waals surface area contributed by atoms with Gasteiger partial charge in [0.2, 0.25) is 0 Å². The molecule has 0 spiro atoms. The fourth-order valence-corrected chi connectivity index (χ4v) is 5.77. The van der Waals surface area contributed by atoms with Gasteiger partial charge in [0.1, 0.15) is 16.9 Å². The lowest BCUT2D eigenvalue weighted by molar-refractivity contribution is -0.322. The van der Waals surface area contributed by atoms with Gasteiger partial charge in [0.25, 0.3) is 0 Å². The molecule has 2 unspecified atom stereocenters. The van der Waals surface area contributed by atoms with E-state index in [4.69, 9.17) is 4.84 Å². The molecule has 0 aromatic heterocycles. The van der Waals surface area contributed by atoms with Crippen LogP contribution in [0.3, 0.4) is 0 Å². The highest BCUT2D eigenvalue weighted by atomic mass is 16.7. The molecule has 6 heteroatoms. The van der Waals surface area contributed by atoms with Gasteiger partial charge < -0.3 is 10.2 Å². The first-order valence-corrected chi connectivity index (χ1v) is 12.3. The topological polar surface area (TPSA) is 87.1 Å². The molecule has 1 aliphatic heterocycles.